The Morgan fingerprint density at radius 1 is 1.45 bits per heavy atom. The lowest BCUT2D eigenvalue weighted by molar-refractivity contribution is -0.140. The first-order valence-corrected chi connectivity index (χ1v) is 7.71. The van der Waals surface area contributed by atoms with Crippen LogP contribution in [0.1, 0.15) is 32.3 Å². The molecule has 22 heavy (non-hydrogen) atoms. The van der Waals surface area contributed by atoms with Gasteiger partial charge in [0.15, 0.2) is 6.10 Å². The molecule has 1 saturated heterocycles. The van der Waals surface area contributed by atoms with Gasteiger partial charge in [0.05, 0.1) is 17.7 Å². The Hall–Kier alpha value is -2.06. The van der Waals surface area contributed by atoms with E-state index in [9.17, 15) is 4.79 Å². The van der Waals surface area contributed by atoms with E-state index in [1.807, 2.05) is 11.8 Å². The molecule has 0 bridgehead atoms. The highest BCUT2D eigenvalue weighted by molar-refractivity contribution is 5.81. The molecule has 1 aromatic rings. The molecule has 1 heterocycles. The number of amides is 1. The summed E-state index contributed by atoms with van der Waals surface area (Å²) in [6.07, 6.45) is 1.45. The van der Waals surface area contributed by atoms with E-state index in [1.165, 1.54) is 0 Å². The summed E-state index contributed by atoms with van der Waals surface area (Å²) in [5.41, 5.74) is 0.523. The van der Waals surface area contributed by atoms with Crippen LogP contribution in [0.25, 0.3) is 0 Å². The fourth-order valence-corrected chi connectivity index (χ4v) is 2.63. The molecule has 1 aliphatic rings. The van der Waals surface area contributed by atoms with Crippen molar-refractivity contribution >= 4 is 5.91 Å². The number of rotatable bonds is 5. The van der Waals surface area contributed by atoms with Crippen LogP contribution in [-0.4, -0.2) is 42.7 Å². The smallest absolute Gasteiger partial charge is 0.263 e. The lowest BCUT2D eigenvalue weighted by Gasteiger charge is -2.33. The number of carbonyl (C=O) groups excluding carboxylic acids is 1. The van der Waals surface area contributed by atoms with Crippen molar-refractivity contribution in [3.63, 3.8) is 0 Å². The number of nitrogens with zero attached hydrogens (tertiary/aromatic N) is 2. The molecule has 2 rings (SSSR count). The Kier molecular flexibility index (Phi) is 5.79. The quantitative estimate of drug-likeness (QED) is 0.837. The number of hydrogen-bond acceptors (Lipinski definition) is 4. The zero-order valence-electron chi connectivity index (χ0n) is 13.1. The lowest BCUT2D eigenvalue weighted by atomic mass is 10.1. The highest BCUT2D eigenvalue weighted by Gasteiger charge is 2.27. The van der Waals surface area contributed by atoms with Crippen molar-refractivity contribution in [1.82, 2.24) is 4.90 Å². The molecule has 0 radical (unpaired) electrons. The largest absolute Gasteiger partial charge is 0.481 e. The van der Waals surface area contributed by atoms with Crippen molar-refractivity contribution in [3.05, 3.63) is 29.8 Å². The molecule has 0 saturated carbocycles. The topological polar surface area (TPSA) is 62.6 Å². The van der Waals surface area contributed by atoms with E-state index in [0.717, 1.165) is 12.8 Å². The van der Waals surface area contributed by atoms with E-state index >= 15 is 0 Å². The number of likely N-dealkylation sites (tertiary alicyclic amines) is 1. The number of benzene rings is 1. The van der Waals surface area contributed by atoms with Crippen molar-refractivity contribution in [2.45, 2.75) is 38.9 Å². The molecule has 118 valence electrons. The molecule has 0 N–H and O–H groups in total. The first-order valence-electron chi connectivity index (χ1n) is 7.71. The molecule has 0 aliphatic carbocycles. The van der Waals surface area contributed by atoms with Gasteiger partial charge >= 0.3 is 0 Å². The van der Waals surface area contributed by atoms with Crippen LogP contribution < -0.4 is 4.74 Å². The first kappa shape index (κ1) is 16.3. The van der Waals surface area contributed by atoms with Crippen molar-refractivity contribution in [3.8, 4) is 11.8 Å². The van der Waals surface area contributed by atoms with Gasteiger partial charge in [-0.05, 0) is 44.9 Å². The summed E-state index contributed by atoms with van der Waals surface area (Å²) in [5.74, 6) is 0.529. The Balaban J connectivity index is 1.88. The average molecular weight is 302 g/mol. The number of ether oxygens (including phenoxy) is 2. The van der Waals surface area contributed by atoms with Crippen LogP contribution >= 0.6 is 0 Å². The molecule has 5 nitrogen and oxygen atoms in total. The van der Waals surface area contributed by atoms with Crippen molar-refractivity contribution in [2.24, 2.45) is 0 Å². The third-order valence-corrected chi connectivity index (χ3v) is 3.78. The van der Waals surface area contributed by atoms with Gasteiger partial charge in [-0.2, -0.15) is 5.26 Å². The third kappa shape index (κ3) is 4.22. The van der Waals surface area contributed by atoms with Crippen LogP contribution in [-0.2, 0) is 9.53 Å². The summed E-state index contributed by atoms with van der Waals surface area (Å²) >= 11 is 0. The fourth-order valence-electron chi connectivity index (χ4n) is 2.63. The van der Waals surface area contributed by atoms with E-state index in [0.29, 0.717) is 31.0 Å². The Bertz CT molecular complexity index is 545. The van der Waals surface area contributed by atoms with Gasteiger partial charge < -0.3 is 14.4 Å². The minimum absolute atomic E-state index is 0.0164. The van der Waals surface area contributed by atoms with Crippen molar-refractivity contribution in [2.75, 3.05) is 19.7 Å². The van der Waals surface area contributed by atoms with Crippen LogP contribution in [0.3, 0.4) is 0 Å². The normalized spacial score (nSPS) is 16.9. The molecule has 1 fully saturated rings. The van der Waals surface area contributed by atoms with E-state index in [2.05, 4.69) is 6.07 Å². The molecule has 5 heteroatoms. The fraction of sp³-hybridized carbons (Fsp3) is 0.529. The van der Waals surface area contributed by atoms with Crippen LogP contribution in [0.5, 0.6) is 5.75 Å². The van der Waals surface area contributed by atoms with Gasteiger partial charge in [-0.25, -0.2) is 0 Å². The summed E-state index contributed by atoms with van der Waals surface area (Å²) in [5, 5.41) is 8.89. The van der Waals surface area contributed by atoms with Gasteiger partial charge in [0.25, 0.3) is 5.91 Å². The summed E-state index contributed by atoms with van der Waals surface area (Å²) in [6, 6.07) is 8.92. The highest BCUT2D eigenvalue weighted by atomic mass is 16.5. The second-order valence-electron chi connectivity index (χ2n) is 5.38. The summed E-state index contributed by atoms with van der Waals surface area (Å²) in [7, 11) is 0. The van der Waals surface area contributed by atoms with Crippen LogP contribution in [0, 0.1) is 11.3 Å². The molecule has 0 spiro atoms. The number of hydrogen-bond donors (Lipinski definition) is 0. The summed E-state index contributed by atoms with van der Waals surface area (Å²) < 4.78 is 11.3. The maximum absolute atomic E-state index is 12.4. The van der Waals surface area contributed by atoms with Gasteiger partial charge in [-0.3, -0.25) is 4.79 Å². The highest BCUT2D eigenvalue weighted by Crippen LogP contribution is 2.18. The molecule has 1 aliphatic heterocycles. The van der Waals surface area contributed by atoms with Crippen molar-refractivity contribution in [1.29, 1.82) is 5.26 Å². The average Bonchev–Trinajstić information content (AvgIpc) is 2.55. The van der Waals surface area contributed by atoms with Gasteiger partial charge in [0, 0.05) is 19.7 Å². The van der Waals surface area contributed by atoms with Crippen LogP contribution in [0.15, 0.2) is 24.3 Å². The number of carbonyl (C=O) groups is 1. The number of piperidine rings is 1. The van der Waals surface area contributed by atoms with E-state index < -0.39 is 6.10 Å². The van der Waals surface area contributed by atoms with Gasteiger partial charge in [0.2, 0.25) is 0 Å². The monoisotopic (exact) mass is 302 g/mol. The van der Waals surface area contributed by atoms with Gasteiger partial charge in [-0.1, -0.05) is 6.07 Å². The Labute approximate surface area is 131 Å². The molecule has 0 aromatic heterocycles. The lowest BCUT2D eigenvalue weighted by Crippen LogP contribution is -2.46. The standard InChI is InChI=1S/C17H22N2O3/c1-3-21-15-7-9-19(10-8-15)17(20)13(2)22-16-6-4-5-14(11-16)12-18/h4-6,11,13,15H,3,7-10H2,1-2H3/t13-/m1/s1. The van der Waals surface area contributed by atoms with E-state index in [-0.39, 0.29) is 12.0 Å². The minimum Gasteiger partial charge on any atom is -0.481 e. The summed E-state index contributed by atoms with van der Waals surface area (Å²) in [4.78, 5) is 14.2. The maximum Gasteiger partial charge on any atom is 0.263 e. The van der Waals surface area contributed by atoms with Gasteiger partial charge in [-0.15, -0.1) is 0 Å². The third-order valence-electron chi connectivity index (χ3n) is 3.78. The first-order chi connectivity index (χ1) is 10.6. The van der Waals surface area contributed by atoms with Crippen LogP contribution in [0.4, 0.5) is 0 Å². The van der Waals surface area contributed by atoms with E-state index in [4.69, 9.17) is 14.7 Å². The molecule has 1 aromatic carbocycles. The second-order valence-corrected chi connectivity index (χ2v) is 5.38. The van der Waals surface area contributed by atoms with E-state index in [1.54, 1.807) is 31.2 Å². The maximum atomic E-state index is 12.4. The predicted octanol–water partition coefficient (Wildman–Crippen LogP) is 2.35. The van der Waals surface area contributed by atoms with Gasteiger partial charge in [0.1, 0.15) is 5.75 Å². The summed E-state index contributed by atoms with van der Waals surface area (Å²) in [6.45, 7) is 5.86. The second kappa shape index (κ2) is 7.81. The molecule has 1 atom stereocenters. The molecular weight excluding hydrogens is 280 g/mol. The van der Waals surface area contributed by atoms with Crippen LogP contribution in [0.2, 0.25) is 0 Å². The molecule has 1 amide bonds. The van der Waals surface area contributed by atoms with Crippen molar-refractivity contribution < 1.29 is 14.3 Å². The SMILES string of the molecule is CCOC1CCN(C(=O)[C@@H](C)Oc2cccc(C#N)c2)CC1. The number of nitriles is 1. The molecule has 0 unspecified atom stereocenters. The zero-order chi connectivity index (χ0) is 15.9. The Morgan fingerprint density at radius 3 is 2.82 bits per heavy atom. The predicted molar refractivity (Wildman–Crippen MR) is 82.5 cm³/mol. The Morgan fingerprint density at radius 2 is 2.18 bits per heavy atom. The zero-order valence-corrected chi connectivity index (χ0v) is 13.1. The molecular formula is C17H22N2O3. The minimum atomic E-state index is -0.558.